The number of nitrogens with zero attached hydrogens (tertiary/aromatic N) is 1. The molecule has 0 amide bonds. The number of likely N-dealkylation sites (tertiary alicyclic amines) is 1. The van der Waals surface area contributed by atoms with E-state index < -0.39 is 15.6 Å². The molecule has 1 aliphatic rings. The molecule has 2 rings (SSSR count). The van der Waals surface area contributed by atoms with Gasteiger partial charge in [0.05, 0.1) is 4.90 Å². The lowest BCUT2D eigenvalue weighted by Crippen LogP contribution is -2.40. The average Bonchev–Trinajstić information content (AvgIpc) is 2.46. The van der Waals surface area contributed by atoms with Crippen LogP contribution in [0.4, 0.5) is 14.5 Å². The lowest BCUT2D eigenvalue weighted by molar-refractivity contribution is 0.194. The number of hydrogen-bond donors (Lipinski definition) is 1. The zero-order valence-corrected chi connectivity index (χ0v) is 12.7. The molecule has 1 aromatic carbocycles. The van der Waals surface area contributed by atoms with Gasteiger partial charge in [0.1, 0.15) is 0 Å². The van der Waals surface area contributed by atoms with E-state index in [1.807, 2.05) is 0 Å². The van der Waals surface area contributed by atoms with Crippen molar-refractivity contribution in [3.8, 4) is 0 Å². The minimum atomic E-state index is -4.51. The number of nitrogens with one attached hydrogen (secondary N) is 1. The van der Waals surface area contributed by atoms with Crippen molar-refractivity contribution in [2.24, 2.45) is 0 Å². The van der Waals surface area contributed by atoms with E-state index >= 15 is 0 Å². The van der Waals surface area contributed by atoms with Gasteiger partial charge in [-0.05, 0) is 50.7 Å². The van der Waals surface area contributed by atoms with Crippen LogP contribution in [0.3, 0.4) is 0 Å². The molecular formula is C14H20F2N2O2S. The molecule has 1 fully saturated rings. The third-order valence-corrected chi connectivity index (χ3v) is 5.28. The molecule has 4 nitrogen and oxygen atoms in total. The van der Waals surface area contributed by atoms with Crippen molar-refractivity contribution in [2.45, 2.75) is 36.0 Å². The number of sulfone groups is 1. The van der Waals surface area contributed by atoms with E-state index in [-0.39, 0.29) is 4.90 Å². The van der Waals surface area contributed by atoms with Gasteiger partial charge in [-0.1, -0.05) is 6.42 Å². The van der Waals surface area contributed by atoms with Crippen LogP contribution in [-0.4, -0.2) is 45.3 Å². The number of anilines is 1. The molecule has 1 N–H and O–H groups in total. The minimum Gasteiger partial charge on any atom is -0.383 e. The van der Waals surface area contributed by atoms with E-state index in [0.29, 0.717) is 6.04 Å². The van der Waals surface area contributed by atoms with E-state index in [9.17, 15) is 17.2 Å². The van der Waals surface area contributed by atoms with Crippen molar-refractivity contribution in [2.75, 3.05) is 25.5 Å². The molecule has 1 heterocycles. The highest BCUT2D eigenvalue weighted by Gasteiger charge is 2.26. The van der Waals surface area contributed by atoms with Crippen molar-refractivity contribution in [3.63, 3.8) is 0 Å². The standard InChI is InChI=1S/C14H20F2N2O2S/c1-18-9-3-2-4-12(18)10-17-11-5-7-13(8-6-11)21(19,20)14(15)16/h5-8,12,14,17H,2-4,9-10H2,1H3. The summed E-state index contributed by atoms with van der Waals surface area (Å²) in [6.07, 6.45) is 3.55. The minimum absolute atomic E-state index is 0.349. The summed E-state index contributed by atoms with van der Waals surface area (Å²) >= 11 is 0. The maximum Gasteiger partial charge on any atom is 0.341 e. The predicted molar refractivity (Wildman–Crippen MR) is 78.4 cm³/mol. The monoisotopic (exact) mass is 318 g/mol. The number of piperidine rings is 1. The Morgan fingerprint density at radius 1 is 1.29 bits per heavy atom. The Bertz CT molecular complexity index is 561. The van der Waals surface area contributed by atoms with Crippen molar-refractivity contribution >= 4 is 15.5 Å². The Balaban J connectivity index is 1.97. The highest BCUT2D eigenvalue weighted by Crippen LogP contribution is 2.21. The first kappa shape index (κ1) is 16.2. The smallest absolute Gasteiger partial charge is 0.341 e. The van der Waals surface area contributed by atoms with Crippen LogP contribution < -0.4 is 5.32 Å². The fourth-order valence-corrected chi connectivity index (χ4v) is 3.22. The summed E-state index contributed by atoms with van der Waals surface area (Å²) in [4.78, 5) is 1.95. The average molecular weight is 318 g/mol. The van der Waals surface area contributed by atoms with Crippen LogP contribution in [0.1, 0.15) is 19.3 Å². The fourth-order valence-electron chi connectivity index (χ4n) is 2.50. The van der Waals surface area contributed by atoms with Gasteiger partial charge in [0.15, 0.2) is 0 Å². The first-order valence-electron chi connectivity index (χ1n) is 6.97. The topological polar surface area (TPSA) is 49.4 Å². The number of rotatable bonds is 5. The highest BCUT2D eigenvalue weighted by atomic mass is 32.2. The van der Waals surface area contributed by atoms with Crippen LogP contribution in [0.25, 0.3) is 0 Å². The lowest BCUT2D eigenvalue weighted by Gasteiger charge is -2.32. The Morgan fingerprint density at radius 2 is 1.95 bits per heavy atom. The predicted octanol–water partition coefficient (Wildman–Crippen LogP) is 2.58. The summed E-state index contributed by atoms with van der Waals surface area (Å²) in [6, 6.07) is 5.93. The van der Waals surface area contributed by atoms with Gasteiger partial charge in [-0.3, -0.25) is 0 Å². The van der Waals surface area contributed by atoms with Gasteiger partial charge in [0.25, 0.3) is 0 Å². The Morgan fingerprint density at radius 3 is 2.52 bits per heavy atom. The third-order valence-electron chi connectivity index (χ3n) is 3.88. The van der Waals surface area contributed by atoms with Crippen molar-refractivity contribution in [1.82, 2.24) is 4.90 Å². The summed E-state index contributed by atoms with van der Waals surface area (Å²) < 4.78 is 47.5. The molecule has 7 heteroatoms. The molecule has 1 aliphatic heterocycles. The normalized spacial score (nSPS) is 20.7. The Kier molecular flexibility index (Phi) is 5.16. The van der Waals surface area contributed by atoms with Crippen LogP contribution in [0, 0.1) is 0 Å². The summed E-state index contributed by atoms with van der Waals surface area (Å²) in [6.45, 7) is 1.84. The van der Waals surface area contributed by atoms with Crippen LogP contribution >= 0.6 is 0 Å². The van der Waals surface area contributed by atoms with Gasteiger partial charge in [0.2, 0.25) is 9.84 Å². The molecule has 1 atom stereocenters. The molecule has 0 aliphatic carbocycles. The Labute approximate surface area is 124 Å². The molecular weight excluding hydrogens is 298 g/mol. The number of hydrogen-bond acceptors (Lipinski definition) is 4. The summed E-state index contributed by atoms with van der Waals surface area (Å²) in [5.74, 6) is -3.38. The maximum absolute atomic E-state index is 12.4. The second-order valence-corrected chi connectivity index (χ2v) is 7.26. The number of alkyl halides is 2. The van der Waals surface area contributed by atoms with Gasteiger partial charge < -0.3 is 10.2 Å². The second kappa shape index (κ2) is 6.70. The zero-order chi connectivity index (χ0) is 15.5. The number of benzene rings is 1. The highest BCUT2D eigenvalue weighted by molar-refractivity contribution is 7.91. The van der Waals surface area contributed by atoms with E-state index in [1.165, 1.54) is 37.1 Å². The van der Waals surface area contributed by atoms with Gasteiger partial charge in [-0.2, -0.15) is 8.78 Å². The van der Waals surface area contributed by atoms with Gasteiger partial charge >= 0.3 is 5.76 Å². The molecule has 1 unspecified atom stereocenters. The number of likely N-dealkylation sites (N-methyl/N-ethyl adjacent to an activating group) is 1. The van der Waals surface area contributed by atoms with Crippen LogP contribution in [0.2, 0.25) is 0 Å². The van der Waals surface area contributed by atoms with Crippen molar-refractivity contribution in [1.29, 1.82) is 0 Å². The lowest BCUT2D eigenvalue weighted by atomic mass is 10.0. The molecule has 0 radical (unpaired) electrons. The van der Waals surface area contributed by atoms with E-state index in [4.69, 9.17) is 0 Å². The molecule has 0 aromatic heterocycles. The molecule has 0 spiro atoms. The van der Waals surface area contributed by atoms with Crippen LogP contribution in [0.15, 0.2) is 29.2 Å². The largest absolute Gasteiger partial charge is 0.383 e. The third kappa shape index (κ3) is 3.91. The summed E-state index contributed by atoms with van der Waals surface area (Å²) in [5, 5.41) is 3.23. The summed E-state index contributed by atoms with van der Waals surface area (Å²) in [7, 11) is -2.42. The van der Waals surface area contributed by atoms with E-state index in [0.717, 1.165) is 25.2 Å². The molecule has 1 saturated heterocycles. The molecule has 0 bridgehead atoms. The maximum atomic E-state index is 12.4. The molecule has 21 heavy (non-hydrogen) atoms. The fraction of sp³-hybridized carbons (Fsp3) is 0.571. The Hall–Kier alpha value is -1.21. The van der Waals surface area contributed by atoms with Gasteiger partial charge in [0, 0.05) is 18.3 Å². The first-order valence-corrected chi connectivity index (χ1v) is 8.52. The zero-order valence-electron chi connectivity index (χ0n) is 11.9. The number of halogens is 2. The van der Waals surface area contributed by atoms with Crippen LogP contribution in [-0.2, 0) is 9.84 Å². The van der Waals surface area contributed by atoms with Crippen molar-refractivity contribution in [3.05, 3.63) is 24.3 Å². The second-order valence-electron chi connectivity index (χ2n) is 5.34. The van der Waals surface area contributed by atoms with Gasteiger partial charge in [-0.25, -0.2) is 8.42 Å². The van der Waals surface area contributed by atoms with E-state index in [1.54, 1.807) is 0 Å². The quantitative estimate of drug-likeness (QED) is 0.906. The first-order chi connectivity index (χ1) is 9.91. The van der Waals surface area contributed by atoms with Crippen molar-refractivity contribution < 1.29 is 17.2 Å². The molecule has 118 valence electrons. The summed E-state index contributed by atoms with van der Waals surface area (Å²) in [5.41, 5.74) is 0.738. The SMILES string of the molecule is CN1CCCCC1CNc1ccc(S(=O)(=O)C(F)F)cc1. The molecule has 0 saturated carbocycles. The van der Waals surface area contributed by atoms with E-state index in [2.05, 4.69) is 17.3 Å². The molecule has 1 aromatic rings. The van der Waals surface area contributed by atoms with Crippen LogP contribution in [0.5, 0.6) is 0 Å². The van der Waals surface area contributed by atoms with Gasteiger partial charge in [-0.15, -0.1) is 0 Å².